The van der Waals surface area contributed by atoms with Gasteiger partial charge in [-0.25, -0.2) is 5.43 Å². The first-order chi connectivity index (χ1) is 10.9. The third-order valence-electron chi connectivity index (χ3n) is 3.02. The largest absolute Gasteiger partial charge is 0.506 e. The fourth-order valence-electron chi connectivity index (χ4n) is 1.84. The van der Waals surface area contributed by atoms with Gasteiger partial charge in [0.2, 0.25) is 0 Å². The summed E-state index contributed by atoms with van der Waals surface area (Å²) in [6.45, 7) is 2.31. The molecule has 1 aromatic heterocycles. The lowest BCUT2D eigenvalue weighted by Gasteiger charge is -2.04. The molecule has 0 unspecified atom stereocenters. The number of phenolic OH excluding ortho intramolecular Hbond substituents is 1. The second kappa shape index (κ2) is 7.56. The van der Waals surface area contributed by atoms with E-state index in [0.29, 0.717) is 21.1 Å². The predicted molar refractivity (Wildman–Crippen MR) is 94.9 cm³/mol. The van der Waals surface area contributed by atoms with E-state index in [4.69, 9.17) is 0 Å². The van der Waals surface area contributed by atoms with Crippen molar-refractivity contribution in [3.05, 3.63) is 60.9 Å². The van der Waals surface area contributed by atoms with Crippen molar-refractivity contribution in [3.63, 3.8) is 0 Å². The minimum atomic E-state index is -0.578. The Bertz CT molecular complexity index is 808. The molecule has 2 aromatic rings. The minimum Gasteiger partial charge on any atom is -0.506 e. The molecule has 0 spiro atoms. The molecule has 1 amide bonds. The monoisotopic (exact) mass is 441 g/mol. The number of halogens is 2. The lowest BCUT2D eigenvalue weighted by Crippen LogP contribution is -2.30. The first-order valence-electron chi connectivity index (χ1n) is 6.65. The van der Waals surface area contributed by atoms with Crippen molar-refractivity contribution in [2.45, 2.75) is 13.5 Å². The smallest absolute Gasteiger partial charge is 0.276 e. The Labute approximate surface area is 149 Å². The van der Waals surface area contributed by atoms with E-state index in [1.807, 2.05) is 6.92 Å². The SMILES string of the molecule is CCn1cccc(C(=O)N/N=C\c2cc(Br)c(O)c(Br)c2)c1=O. The standard InChI is InChI=1S/C15H13Br2N3O3/c1-2-20-5-3-4-10(15(20)23)14(22)19-18-8-9-6-11(16)13(21)12(17)7-9/h3-8,21H,2H2,1H3,(H,19,22)/b18-8-. The van der Waals surface area contributed by atoms with Gasteiger partial charge in [-0.3, -0.25) is 9.59 Å². The number of carbonyl (C=O) groups is 1. The van der Waals surface area contributed by atoms with Crippen LogP contribution in [0.1, 0.15) is 22.8 Å². The molecule has 6 nitrogen and oxygen atoms in total. The number of benzene rings is 1. The average molecular weight is 443 g/mol. The minimum absolute atomic E-state index is 0.0274. The fourth-order valence-corrected chi connectivity index (χ4v) is 3.07. The number of aromatic hydroxyl groups is 1. The number of aromatic nitrogens is 1. The van der Waals surface area contributed by atoms with E-state index < -0.39 is 5.91 Å². The molecule has 0 saturated carbocycles. The third kappa shape index (κ3) is 4.08. The topological polar surface area (TPSA) is 83.7 Å². The predicted octanol–water partition coefficient (Wildman–Crippen LogP) is 2.86. The lowest BCUT2D eigenvalue weighted by molar-refractivity contribution is 0.0953. The second-order valence-corrected chi connectivity index (χ2v) is 6.25. The summed E-state index contributed by atoms with van der Waals surface area (Å²) in [6, 6.07) is 6.37. The highest BCUT2D eigenvalue weighted by molar-refractivity contribution is 9.11. The summed E-state index contributed by atoms with van der Waals surface area (Å²) in [7, 11) is 0. The molecule has 120 valence electrons. The van der Waals surface area contributed by atoms with Gasteiger partial charge in [-0.05, 0) is 68.6 Å². The normalized spacial score (nSPS) is 10.9. The first-order valence-corrected chi connectivity index (χ1v) is 8.23. The molecule has 2 rings (SSSR count). The van der Waals surface area contributed by atoms with E-state index in [2.05, 4.69) is 42.4 Å². The number of carbonyl (C=O) groups excluding carboxylic acids is 1. The zero-order chi connectivity index (χ0) is 17.0. The highest BCUT2D eigenvalue weighted by Gasteiger charge is 2.10. The van der Waals surface area contributed by atoms with Crippen LogP contribution in [0.3, 0.4) is 0 Å². The van der Waals surface area contributed by atoms with Crippen LogP contribution in [-0.2, 0) is 6.54 Å². The molecule has 1 heterocycles. The molecule has 2 N–H and O–H groups in total. The molecule has 0 atom stereocenters. The summed E-state index contributed by atoms with van der Waals surface area (Å²) >= 11 is 6.41. The molecule has 8 heteroatoms. The highest BCUT2D eigenvalue weighted by Crippen LogP contribution is 2.32. The Balaban J connectivity index is 2.15. The van der Waals surface area contributed by atoms with Gasteiger partial charge in [0.05, 0.1) is 15.2 Å². The number of rotatable bonds is 4. The number of hydrogen-bond acceptors (Lipinski definition) is 4. The zero-order valence-corrected chi connectivity index (χ0v) is 15.3. The van der Waals surface area contributed by atoms with Gasteiger partial charge in [-0.2, -0.15) is 5.10 Å². The summed E-state index contributed by atoms with van der Waals surface area (Å²) in [5.74, 6) is -0.499. The first kappa shape index (κ1) is 17.4. The van der Waals surface area contributed by atoms with Crippen molar-refractivity contribution in [2.24, 2.45) is 5.10 Å². The Morgan fingerprint density at radius 1 is 1.39 bits per heavy atom. The fraction of sp³-hybridized carbons (Fsp3) is 0.133. The molecule has 23 heavy (non-hydrogen) atoms. The number of nitrogens with one attached hydrogen (secondary N) is 1. The molecule has 0 radical (unpaired) electrons. The molecule has 0 saturated heterocycles. The van der Waals surface area contributed by atoms with Gasteiger partial charge in [-0.1, -0.05) is 0 Å². The number of hydrogen-bond donors (Lipinski definition) is 2. The Kier molecular flexibility index (Phi) is 5.73. The van der Waals surface area contributed by atoms with Crippen LogP contribution in [-0.4, -0.2) is 21.8 Å². The molecule has 1 aromatic carbocycles. The third-order valence-corrected chi connectivity index (χ3v) is 4.23. The maximum atomic E-state index is 12.0. The zero-order valence-electron chi connectivity index (χ0n) is 12.1. The number of aryl methyl sites for hydroxylation is 1. The summed E-state index contributed by atoms with van der Waals surface area (Å²) in [6.07, 6.45) is 3.03. The van der Waals surface area contributed by atoms with E-state index >= 15 is 0 Å². The van der Waals surface area contributed by atoms with E-state index in [1.165, 1.54) is 16.8 Å². The van der Waals surface area contributed by atoms with E-state index in [9.17, 15) is 14.7 Å². The van der Waals surface area contributed by atoms with Crippen molar-refractivity contribution >= 4 is 44.0 Å². The molecule has 0 aliphatic rings. The molecule has 0 aliphatic carbocycles. The Morgan fingerprint density at radius 3 is 2.65 bits per heavy atom. The van der Waals surface area contributed by atoms with Gasteiger partial charge < -0.3 is 9.67 Å². The van der Waals surface area contributed by atoms with E-state index in [0.717, 1.165) is 0 Å². The van der Waals surface area contributed by atoms with Gasteiger partial charge in [0.15, 0.2) is 0 Å². The molecular formula is C15H13Br2N3O3. The maximum Gasteiger partial charge on any atom is 0.276 e. The summed E-state index contributed by atoms with van der Waals surface area (Å²) < 4.78 is 2.43. The molecular weight excluding hydrogens is 430 g/mol. The van der Waals surface area contributed by atoms with Crippen LogP contribution < -0.4 is 11.0 Å². The van der Waals surface area contributed by atoms with Crippen molar-refractivity contribution < 1.29 is 9.90 Å². The van der Waals surface area contributed by atoms with E-state index in [-0.39, 0.29) is 16.9 Å². The number of phenols is 1. The number of amides is 1. The van der Waals surface area contributed by atoms with Gasteiger partial charge >= 0.3 is 0 Å². The molecule has 0 fully saturated rings. The van der Waals surface area contributed by atoms with Crippen molar-refractivity contribution in [1.29, 1.82) is 0 Å². The Hall–Kier alpha value is -1.93. The quantitative estimate of drug-likeness (QED) is 0.564. The van der Waals surface area contributed by atoms with Crippen molar-refractivity contribution in [1.82, 2.24) is 9.99 Å². The van der Waals surface area contributed by atoms with Crippen LogP contribution in [0.25, 0.3) is 0 Å². The summed E-state index contributed by atoms with van der Waals surface area (Å²) in [4.78, 5) is 24.0. The van der Waals surface area contributed by atoms with Crippen LogP contribution in [0.4, 0.5) is 0 Å². The number of hydrazone groups is 1. The van der Waals surface area contributed by atoms with E-state index in [1.54, 1.807) is 24.4 Å². The molecule has 0 aliphatic heterocycles. The highest BCUT2D eigenvalue weighted by atomic mass is 79.9. The van der Waals surface area contributed by atoms with Crippen LogP contribution in [0, 0.1) is 0 Å². The summed E-state index contributed by atoms with van der Waals surface area (Å²) in [5, 5.41) is 13.5. The maximum absolute atomic E-state index is 12.0. The summed E-state index contributed by atoms with van der Waals surface area (Å²) in [5.41, 5.74) is 2.64. The number of nitrogens with zero attached hydrogens (tertiary/aromatic N) is 2. The van der Waals surface area contributed by atoms with Crippen LogP contribution >= 0.6 is 31.9 Å². The van der Waals surface area contributed by atoms with Gasteiger partial charge in [0, 0.05) is 12.7 Å². The molecule has 0 bridgehead atoms. The number of pyridine rings is 1. The van der Waals surface area contributed by atoms with Gasteiger partial charge in [0.25, 0.3) is 11.5 Å². The van der Waals surface area contributed by atoms with Crippen molar-refractivity contribution in [2.75, 3.05) is 0 Å². The Morgan fingerprint density at radius 2 is 2.04 bits per heavy atom. The van der Waals surface area contributed by atoms with Gasteiger partial charge in [-0.15, -0.1) is 0 Å². The van der Waals surface area contributed by atoms with Crippen LogP contribution in [0.5, 0.6) is 5.75 Å². The van der Waals surface area contributed by atoms with Crippen LogP contribution in [0.15, 0.2) is 49.3 Å². The van der Waals surface area contributed by atoms with Crippen LogP contribution in [0.2, 0.25) is 0 Å². The average Bonchev–Trinajstić information content (AvgIpc) is 2.52. The second-order valence-electron chi connectivity index (χ2n) is 4.55. The lowest BCUT2D eigenvalue weighted by atomic mass is 10.2. The van der Waals surface area contributed by atoms with Crippen molar-refractivity contribution in [3.8, 4) is 5.75 Å². The van der Waals surface area contributed by atoms with Gasteiger partial charge in [0.1, 0.15) is 11.3 Å².